The summed E-state index contributed by atoms with van der Waals surface area (Å²) in [4.78, 5) is 52.1. The summed E-state index contributed by atoms with van der Waals surface area (Å²) < 4.78 is 21.3. The molecule has 0 aliphatic heterocycles. The Morgan fingerprint density at radius 1 is 0.625 bits per heavy atom. The van der Waals surface area contributed by atoms with Gasteiger partial charge in [-0.1, -0.05) is 0 Å². The number of ether oxygens (including phenoxy) is 4. The Balaban J connectivity index is 1.66. The van der Waals surface area contributed by atoms with Gasteiger partial charge in [-0.3, -0.25) is 19.2 Å². The summed E-state index contributed by atoms with van der Waals surface area (Å²) in [5.41, 5.74) is -2.83. The summed E-state index contributed by atoms with van der Waals surface area (Å²) in [6.07, 6.45) is 2.36. The first-order chi connectivity index (χ1) is 15.3. The van der Waals surface area contributed by atoms with Gasteiger partial charge in [0.05, 0.1) is 26.4 Å². The van der Waals surface area contributed by atoms with Crippen LogP contribution in [0.2, 0.25) is 0 Å². The van der Waals surface area contributed by atoms with Crippen LogP contribution >= 0.6 is 0 Å². The molecule has 8 heteroatoms. The van der Waals surface area contributed by atoms with Crippen molar-refractivity contribution >= 4 is 23.9 Å². The van der Waals surface area contributed by atoms with Crippen molar-refractivity contribution < 1.29 is 38.1 Å². The lowest BCUT2D eigenvalue weighted by molar-refractivity contribution is -0.177. The molecule has 0 aromatic rings. The molecule has 8 nitrogen and oxygen atoms in total. The Kier molecular flexibility index (Phi) is 5.78. The Bertz CT molecular complexity index is 783. The number of hydrogen-bond acceptors (Lipinski definition) is 8. The quantitative estimate of drug-likeness (QED) is 0.316. The minimum absolute atomic E-state index is 0.0748. The summed E-state index contributed by atoms with van der Waals surface area (Å²) in [6, 6.07) is 0. The number of esters is 4. The molecule has 178 valence electrons. The first-order valence-corrected chi connectivity index (χ1v) is 12.0. The fourth-order valence-corrected chi connectivity index (χ4v) is 7.13. The van der Waals surface area contributed by atoms with Crippen LogP contribution in [0.15, 0.2) is 0 Å². The molecule has 0 aromatic heterocycles. The van der Waals surface area contributed by atoms with Crippen LogP contribution in [0, 0.1) is 39.9 Å². The zero-order valence-corrected chi connectivity index (χ0v) is 19.4. The molecule has 4 saturated carbocycles. The molecular formula is C24H34O8. The number of rotatable bonds is 8. The third-order valence-electron chi connectivity index (χ3n) is 8.39. The van der Waals surface area contributed by atoms with Crippen LogP contribution < -0.4 is 0 Å². The molecule has 4 aliphatic carbocycles. The van der Waals surface area contributed by atoms with Crippen LogP contribution in [0.3, 0.4) is 0 Å². The summed E-state index contributed by atoms with van der Waals surface area (Å²) in [6.45, 7) is 7.70. The molecule has 0 radical (unpaired) electrons. The van der Waals surface area contributed by atoms with Crippen molar-refractivity contribution in [2.24, 2.45) is 39.9 Å². The molecule has 0 heterocycles. The van der Waals surface area contributed by atoms with E-state index >= 15 is 0 Å². The molecule has 1 unspecified atom stereocenters. The van der Waals surface area contributed by atoms with Crippen molar-refractivity contribution in [1.82, 2.24) is 0 Å². The van der Waals surface area contributed by atoms with Crippen molar-refractivity contribution in [2.45, 2.75) is 59.8 Å². The smallest absolute Gasteiger partial charge is 0.323 e. The average molecular weight is 451 g/mol. The Morgan fingerprint density at radius 2 is 1.03 bits per heavy atom. The van der Waals surface area contributed by atoms with E-state index < -0.39 is 34.7 Å². The highest BCUT2D eigenvalue weighted by atomic mass is 16.6. The zero-order chi connectivity index (χ0) is 23.3. The predicted octanol–water partition coefficient (Wildman–Crippen LogP) is 2.67. The summed E-state index contributed by atoms with van der Waals surface area (Å²) >= 11 is 0. The average Bonchev–Trinajstić information content (AvgIpc) is 3.60. The Labute approximate surface area is 188 Å². The SMILES string of the molecule is CCOC(=O)C1(C(=O)OCC)C[C@H]2C[C@H]2C23CC(C(=O)OCC)(C(=O)OCC)C[C@H]2[C@@H]3C1. The summed E-state index contributed by atoms with van der Waals surface area (Å²) in [5, 5.41) is 0. The fourth-order valence-electron chi connectivity index (χ4n) is 7.13. The van der Waals surface area contributed by atoms with E-state index in [-0.39, 0.29) is 55.5 Å². The van der Waals surface area contributed by atoms with Gasteiger partial charge in [0, 0.05) is 0 Å². The van der Waals surface area contributed by atoms with Crippen LogP contribution in [0.25, 0.3) is 0 Å². The summed E-state index contributed by atoms with van der Waals surface area (Å²) in [5.74, 6) is -1.42. The molecule has 4 aliphatic rings. The van der Waals surface area contributed by atoms with Crippen LogP contribution in [0.1, 0.15) is 59.8 Å². The van der Waals surface area contributed by atoms with Gasteiger partial charge in [0.1, 0.15) is 0 Å². The van der Waals surface area contributed by atoms with Crippen LogP contribution in [0.5, 0.6) is 0 Å². The number of fused-ring (bicyclic) bond motifs is 2. The van der Waals surface area contributed by atoms with Crippen molar-refractivity contribution in [3.8, 4) is 0 Å². The van der Waals surface area contributed by atoms with Crippen LogP contribution in [0.4, 0.5) is 0 Å². The largest absolute Gasteiger partial charge is 0.465 e. The second-order valence-corrected chi connectivity index (χ2v) is 9.76. The lowest BCUT2D eigenvalue weighted by atomic mass is 9.73. The molecule has 32 heavy (non-hydrogen) atoms. The lowest BCUT2D eigenvalue weighted by Crippen LogP contribution is -2.44. The minimum Gasteiger partial charge on any atom is -0.465 e. The maximum Gasteiger partial charge on any atom is 0.323 e. The van der Waals surface area contributed by atoms with Crippen molar-refractivity contribution in [1.29, 1.82) is 0 Å². The van der Waals surface area contributed by atoms with Gasteiger partial charge < -0.3 is 18.9 Å². The molecule has 0 N–H and O–H groups in total. The van der Waals surface area contributed by atoms with Gasteiger partial charge >= 0.3 is 23.9 Å². The monoisotopic (exact) mass is 450 g/mol. The topological polar surface area (TPSA) is 105 Å². The molecule has 0 aromatic carbocycles. The second-order valence-electron chi connectivity index (χ2n) is 9.76. The van der Waals surface area contributed by atoms with E-state index in [1.165, 1.54) is 0 Å². The lowest BCUT2D eigenvalue weighted by Gasteiger charge is -2.31. The van der Waals surface area contributed by atoms with E-state index in [1.54, 1.807) is 27.7 Å². The van der Waals surface area contributed by atoms with Gasteiger partial charge in [0.25, 0.3) is 0 Å². The second kappa shape index (κ2) is 8.03. The van der Waals surface area contributed by atoms with Gasteiger partial charge in [-0.2, -0.15) is 0 Å². The first-order valence-electron chi connectivity index (χ1n) is 12.0. The third-order valence-corrected chi connectivity index (χ3v) is 8.39. The molecule has 0 saturated heterocycles. The van der Waals surface area contributed by atoms with Gasteiger partial charge in [-0.15, -0.1) is 0 Å². The third kappa shape index (κ3) is 3.08. The highest BCUT2D eigenvalue weighted by molar-refractivity contribution is 6.02. The van der Waals surface area contributed by atoms with Crippen LogP contribution in [-0.4, -0.2) is 50.3 Å². The van der Waals surface area contributed by atoms with Gasteiger partial charge in [-0.25, -0.2) is 0 Å². The van der Waals surface area contributed by atoms with Crippen molar-refractivity contribution in [2.75, 3.05) is 26.4 Å². The standard InChI is InChI=1S/C24H34O8/c1-5-29-18(25)22(19(26)30-6-2)10-14-9-15(14)24-13-23(20(27)31-7-3,21(28)32-8-4)12-17(24)16(24)11-22/h14-17H,5-13H2,1-4H3/t14-,15-,16+,17+,24?/m1/s1. The van der Waals surface area contributed by atoms with Crippen LogP contribution in [-0.2, 0) is 38.1 Å². The van der Waals surface area contributed by atoms with E-state index in [4.69, 9.17) is 18.9 Å². The number of carbonyl (C=O) groups excluding carboxylic acids is 4. The van der Waals surface area contributed by atoms with Gasteiger partial charge in [0.2, 0.25) is 0 Å². The number of carbonyl (C=O) groups is 4. The molecular weight excluding hydrogens is 416 g/mol. The Hall–Kier alpha value is -2.12. The highest BCUT2D eigenvalue weighted by Crippen LogP contribution is 2.85. The first kappa shape index (κ1) is 23.1. The van der Waals surface area contributed by atoms with Gasteiger partial charge in [-0.05, 0) is 88.9 Å². The van der Waals surface area contributed by atoms with E-state index in [0.29, 0.717) is 25.7 Å². The van der Waals surface area contributed by atoms with Crippen molar-refractivity contribution in [3.63, 3.8) is 0 Å². The zero-order valence-electron chi connectivity index (χ0n) is 19.4. The number of hydrogen-bond donors (Lipinski definition) is 0. The van der Waals surface area contributed by atoms with E-state index in [9.17, 15) is 19.2 Å². The summed E-state index contributed by atoms with van der Waals surface area (Å²) in [7, 11) is 0. The highest BCUT2D eigenvalue weighted by Gasteiger charge is 2.84. The maximum atomic E-state index is 13.1. The predicted molar refractivity (Wildman–Crippen MR) is 111 cm³/mol. The molecule has 0 amide bonds. The van der Waals surface area contributed by atoms with E-state index in [1.807, 2.05) is 0 Å². The van der Waals surface area contributed by atoms with E-state index in [0.717, 1.165) is 6.42 Å². The molecule has 4 fully saturated rings. The fraction of sp³-hybridized carbons (Fsp3) is 0.833. The molecule has 0 bridgehead atoms. The Morgan fingerprint density at radius 3 is 1.47 bits per heavy atom. The maximum absolute atomic E-state index is 13.1. The minimum atomic E-state index is -1.31. The molecule has 4 rings (SSSR count). The van der Waals surface area contributed by atoms with Gasteiger partial charge in [0.15, 0.2) is 10.8 Å². The molecule has 1 spiro atoms. The van der Waals surface area contributed by atoms with E-state index in [2.05, 4.69) is 0 Å². The molecule has 5 atom stereocenters. The van der Waals surface area contributed by atoms with Crippen molar-refractivity contribution in [3.05, 3.63) is 0 Å². The normalized spacial score (nSPS) is 34.6.